The summed E-state index contributed by atoms with van der Waals surface area (Å²) in [6.45, 7) is 0.361. The molecule has 144 valence electrons. The predicted molar refractivity (Wildman–Crippen MR) is 106 cm³/mol. The molecule has 0 bridgehead atoms. The highest BCUT2D eigenvalue weighted by atomic mass is 32.1. The Morgan fingerprint density at radius 2 is 1.64 bits per heavy atom. The van der Waals surface area contributed by atoms with Gasteiger partial charge in [0.2, 0.25) is 0 Å². The molecule has 8 heteroatoms. The lowest BCUT2D eigenvalue weighted by Crippen LogP contribution is -2.20. The van der Waals surface area contributed by atoms with Crippen LogP contribution in [0.5, 0.6) is 5.75 Å². The van der Waals surface area contributed by atoms with Crippen LogP contribution in [-0.2, 0) is 12.8 Å². The topological polar surface area (TPSA) is 46.2 Å². The largest absolute Gasteiger partial charge is 0.485 e. The lowest BCUT2D eigenvalue weighted by atomic mass is 10.2. The Kier molecular flexibility index (Phi) is 6.10. The zero-order chi connectivity index (χ0) is 20.0. The third-order valence-electron chi connectivity index (χ3n) is 3.71. The van der Waals surface area contributed by atoms with Crippen molar-refractivity contribution in [2.75, 3.05) is 10.6 Å². The number of aromatic nitrogens is 1. The molecule has 2 aromatic carbocycles. The molecule has 3 rings (SSSR count). The van der Waals surface area contributed by atoms with Crippen LogP contribution in [0.15, 0.2) is 72.9 Å². The number of hydrogen-bond acceptors (Lipinski definition) is 3. The fourth-order valence-electron chi connectivity index (χ4n) is 2.35. The number of benzene rings is 2. The highest BCUT2D eigenvalue weighted by Gasteiger charge is 2.29. The van der Waals surface area contributed by atoms with E-state index in [9.17, 15) is 13.2 Å². The van der Waals surface area contributed by atoms with E-state index in [1.54, 1.807) is 18.3 Å². The molecule has 0 unspecified atom stereocenters. The van der Waals surface area contributed by atoms with E-state index < -0.39 is 11.7 Å². The van der Waals surface area contributed by atoms with E-state index in [4.69, 9.17) is 17.0 Å². The molecule has 0 aliphatic carbocycles. The molecule has 0 fully saturated rings. The molecule has 0 amide bonds. The van der Waals surface area contributed by atoms with Crippen molar-refractivity contribution < 1.29 is 17.9 Å². The predicted octanol–water partition coefficient (Wildman–Crippen LogP) is 5.49. The van der Waals surface area contributed by atoms with Crippen LogP contribution in [0.25, 0.3) is 0 Å². The van der Waals surface area contributed by atoms with E-state index in [0.29, 0.717) is 23.9 Å². The normalized spacial score (nSPS) is 11.0. The fourth-order valence-corrected chi connectivity index (χ4v) is 2.56. The Balaban J connectivity index is 1.62. The molecule has 0 aliphatic rings. The minimum Gasteiger partial charge on any atom is -0.485 e. The van der Waals surface area contributed by atoms with Gasteiger partial charge in [-0.25, -0.2) is 4.98 Å². The molecule has 0 atom stereocenters. The van der Waals surface area contributed by atoms with Crippen molar-refractivity contribution in [3.8, 4) is 5.75 Å². The maximum absolute atomic E-state index is 12.6. The van der Waals surface area contributed by atoms with Gasteiger partial charge in [-0.2, -0.15) is 13.2 Å². The number of anilines is 2. The van der Waals surface area contributed by atoms with Gasteiger partial charge in [0.1, 0.15) is 6.61 Å². The number of pyridine rings is 1. The van der Waals surface area contributed by atoms with Crippen LogP contribution in [0.4, 0.5) is 24.7 Å². The Hall–Kier alpha value is -3.13. The molecule has 0 saturated carbocycles. The van der Waals surface area contributed by atoms with Gasteiger partial charge in [-0.15, -0.1) is 0 Å². The van der Waals surface area contributed by atoms with Gasteiger partial charge >= 0.3 is 6.18 Å². The zero-order valence-electron chi connectivity index (χ0n) is 14.5. The molecule has 2 N–H and O–H groups in total. The second-order valence-corrected chi connectivity index (χ2v) is 6.19. The second kappa shape index (κ2) is 8.71. The van der Waals surface area contributed by atoms with E-state index >= 15 is 0 Å². The van der Waals surface area contributed by atoms with Gasteiger partial charge in [0.05, 0.1) is 5.56 Å². The molecular formula is C20H16F3N3OS. The van der Waals surface area contributed by atoms with E-state index in [0.717, 1.165) is 17.7 Å². The summed E-state index contributed by atoms with van der Waals surface area (Å²) in [6.07, 6.45) is -2.80. The van der Waals surface area contributed by atoms with E-state index in [1.165, 1.54) is 12.1 Å². The highest BCUT2D eigenvalue weighted by molar-refractivity contribution is 7.80. The van der Waals surface area contributed by atoms with Gasteiger partial charge in [-0.1, -0.05) is 30.3 Å². The Morgan fingerprint density at radius 3 is 2.32 bits per heavy atom. The van der Waals surface area contributed by atoms with Crippen LogP contribution < -0.4 is 15.4 Å². The van der Waals surface area contributed by atoms with E-state index in [1.807, 2.05) is 30.3 Å². The Morgan fingerprint density at radius 1 is 0.929 bits per heavy atom. The number of ether oxygens (including phenoxy) is 1. The van der Waals surface area contributed by atoms with Gasteiger partial charge in [0, 0.05) is 11.9 Å². The number of rotatable bonds is 5. The maximum Gasteiger partial charge on any atom is 0.416 e. The van der Waals surface area contributed by atoms with E-state index in [-0.39, 0.29) is 5.11 Å². The first-order valence-corrected chi connectivity index (χ1v) is 8.69. The number of hydrogen-bond donors (Lipinski definition) is 2. The van der Waals surface area contributed by atoms with Crippen LogP contribution in [0.2, 0.25) is 0 Å². The van der Waals surface area contributed by atoms with Crippen LogP contribution in [-0.4, -0.2) is 10.1 Å². The number of thiocarbonyl (C=S) groups is 1. The second-order valence-electron chi connectivity index (χ2n) is 5.78. The summed E-state index contributed by atoms with van der Waals surface area (Å²) in [5.41, 5.74) is 0.703. The smallest absolute Gasteiger partial charge is 0.416 e. The van der Waals surface area contributed by atoms with Crippen LogP contribution >= 0.6 is 12.2 Å². The Labute approximate surface area is 165 Å². The first kappa shape index (κ1) is 19.6. The zero-order valence-corrected chi connectivity index (χ0v) is 15.3. The summed E-state index contributed by atoms with van der Waals surface area (Å²) in [4.78, 5) is 4.21. The highest BCUT2D eigenvalue weighted by Crippen LogP contribution is 2.30. The SMILES string of the molecule is FC(F)(F)c1ccc(NC(=S)Nc2ncccc2OCc2ccccc2)cc1. The van der Waals surface area contributed by atoms with Crippen molar-refractivity contribution >= 4 is 28.8 Å². The summed E-state index contributed by atoms with van der Waals surface area (Å²) < 4.78 is 43.7. The summed E-state index contributed by atoms with van der Waals surface area (Å²) in [7, 11) is 0. The maximum atomic E-state index is 12.6. The number of nitrogens with zero attached hydrogens (tertiary/aromatic N) is 1. The van der Waals surface area contributed by atoms with Gasteiger partial charge in [0.25, 0.3) is 0 Å². The van der Waals surface area contributed by atoms with Crippen molar-refractivity contribution in [2.24, 2.45) is 0 Å². The number of halogens is 3. The standard InChI is InChI=1S/C20H16F3N3OS/c21-20(22,23)15-8-10-16(11-9-15)25-19(28)26-18-17(7-4-12-24-18)27-13-14-5-2-1-3-6-14/h1-12H,13H2,(H2,24,25,26,28). The van der Waals surface area contributed by atoms with Gasteiger partial charge < -0.3 is 15.4 Å². The molecule has 0 spiro atoms. The number of alkyl halides is 3. The molecule has 28 heavy (non-hydrogen) atoms. The van der Waals surface area contributed by atoms with Crippen LogP contribution in [0.3, 0.4) is 0 Å². The number of nitrogens with one attached hydrogen (secondary N) is 2. The van der Waals surface area contributed by atoms with Gasteiger partial charge in [0.15, 0.2) is 16.7 Å². The average Bonchev–Trinajstić information content (AvgIpc) is 2.68. The third kappa shape index (κ3) is 5.43. The molecular weight excluding hydrogens is 387 g/mol. The van der Waals surface area contributed by atoms with Gasteiger partial charge in [-0.05, 0) is 54.2 Å². The summed E-state index contributed by atoms with van der Waals surface area (Å²) in [6, 6.07) is 17.7. The Bertz CT molecular complexity index is 931. The van der Waals surface area contributed by atoms with Gasteiger partial charge in [-0.3, -0.25) is 0 Å². The van der Waals surface area contributed by atoms with Crippen molar-refractivity contribution in [2.45, 2.75) is 12.8 Å². The monoisotopic (exact) mass is 403 g/mol. The quantitative estimate of drug-likeness (QED) is 0.552. The average molecular weight is 403 g/mol. The summed E-state index contributed by atoms with van der Waals surface area (Å²) in [5, 5.41) is 5.91. The molecule has 0 saturated heterocycles. The first-order valence-electron chi connectivity index (χ1n) is 8.29. The molecule has 1 heterocycles. The molecule has 1 aromatic heterocycles. The molecule has 0 aliphatic heterocycles. The van der Waals surface area contributed by atoms with Crippen LogP contribution in [0.1, 0.15) is 11.1 Å². The minimum atomic E-state index is -4.38. The fraction of sp³-hybridized carbons (Fsp3) is 0.100. The molecule has 3 aromatic rings. The minimum absolute atomic E-state index is 0.183. The third-order valence-corrected chi connectivity index (χ3v) is 3.91. The van der Waals surface area contributed by atoms with E-state index in [2.05, 4.69) is 15.6 Å². The molecule has 4 nitrogen and oxygen atoms in total. The first-order chi connectivity index (χ1) is 13.4. The summed E-state index contributed by atoms with van der Waals surface area (Å²) in [5.74, 6) is 0.908. The van der Waals surface area contributed by atoms with Crippen molar-refractivity contribution in [3.05, 3.63) is 84.1 Å². The molecule has 0 radical (unpaired) electrons. The van der Waals surface area contributed by atoms with Crippen LogP contribution in [0, 0.1) is 0 Å². The lowest BCUT2D eigenvalue weighted by Gasteiger charge is -2.14. The van der Waals surface area contributed by atoms with Crippen molar-refractivity contribution in [1.82, 2.24) is 4.98 Å². The van der Waals surface area contributed by atoms with Crippen molar-refractivity contribution in [3.63, 3.8) is 0 Å². The van der Waals surface area contributed by atoms with Crippen molar-refractivity contribution in [1.29, 1.82) is 0 Å². The summed E-state index contributed by atoms with van der Waals surface area (Å²) >= 11 is 5.22. The lowest BCUT2D eigenvalue weighted by molar-refractivity contribution is -0.137.